The largest absolute Gasteiger partial charge is 0.496 e. The topological polar surface area (TPSA) is 38.3 Å². The fourth-order valence-corrected chi connectivity index (χ4v) is 2.07. The lowest BCUT2D eigenvalue weighted by Crippen LogP contribution is -2.23. The molecule has 0 saturated carbocycles. The average molecular weight is 326 g/mol. The smallest absolute Gasteiger partial charge is 0.385 e. The lowest BCUT2D eigenvalue weighted by Gasteiger charge is -2.16. The highest BCUT2D eigenvalue weighted by Crippen LogP contribution is 2.35. The molecule has 0 aliphatic rings. The molecule has 6 heteroatoms. The van der Waals surface area contributed by atoms with Crippen LogP contribution in [0, 0.1) is 6.92 Å². The van der Waals surface area contributed by atoms with Crippen LogP contribution in [0.2, 0.25) is 0 Å². The van der Waals surface area contributed by atoms with E-state index in [4.69, 9.17) is 16.3 Å². The van der Waals surface area contributed by atoms with E-state index < -0.39 is 11.2 Å². The molecule has 2 aromatic carbocycles. The molecule has 0 fully saturated rings. The number of ketones is 1. The van der Waals surface area contributed by atoms with Crippen molar-refractivity contribution in [2.24, 2.45) is 0 Å². The van der Waals surface area contributed by atoms with Crippen molar-refractivity contribution in [1.29, 1.82) is 0 Å². The van der Waals surface area contributed by atoms with E-state index >= 15 is 0 Å². The zero-order chi connectivity index (χ0) is 16.3. The SMILES string of the molecule is COc1cccc(Nc2ccc(C)cc2)c1C(=O)C(F)(F)Cl. The van der Waals surface area contributed by atoms with Crippen LogP contribution >= 0.6 is 11.6 Å². The van der Waals surface area contributed by atoms with Gasteiger partial charge in [0, 0.05) is 5.69 Å². The average Bonchev–Trinajstić information content (AvgIpc) is 2.47. The zero-order valence-corrected chi connectivity index (χ0v) is 12.7. The highest BCUT2D eigenvalue weighted by Gasteiger charge is 2.39. The maximum Gasteiger partial charge on any atom is 0.385 e. The van der Waals surface area contributed by atoms with E-state index in [-0.39, 0.29) is 17.0 Å². The first kappa shape index (κ1) is 16.2. The van der Waals surface area contributed by atoms with E-state index in [2.05, 4.69) is 5.32 Å². The Kier molecular flexibility index (Phi) is 4.66. The molecule has 116 valence electrons. The number of alkyl halides is 3. The van der Waals surface area contributed by atoms with Crippen molar-refractivity contribution in [3.05, 3.63) is 53.6 Å². The van der Waals surface area contributed by atoms with Crippen LogP contribution in [0.15, 0.2) is 42.5 Å². The first-order valence-electron chi connectivity index (χ1n) is 6.45. The summed E-state index contributed by atoms with van der Waals surface area (Å²) in [7, 11) is 1.30. The maximum absolute atomic E-state index is 13.2. The molecule has 0 saturated heterocycles. The molecule has 0 spiro atoms. The predicted molar refractivity (Wildman–Crippen MR) is 82.6 cm³/mol. The fraction of sp³-hybridized carbons (Fsp3) is 0.188. The third-order valence-electron chi connectivity index (χ3n) is 3.06. The second-order valence-electron chi connectivity index (χ2n) is 4.70. The standard InChI is InChI=1S/C16H14ClF2NO2/c1-10-6-8-11(9-7-10)20-12-4-3-5-13(22-2)14(12)15(21)16(17,18)19/h3-9,20H,1-2H3. The number of rotatable bonds is 5. The molecule has 3 nitrogen and oxygen atoms in total. The summed E-state index contributed by atoms with van der Waals surface area (Å²) in [4.78, 5) is 11.9. The van der Waals surface area contributed by atoms with E-state index in [1.807, 2.05) is 19.1 Å². The minimum Gasteiger partial charge on any atom is -0.496 e. The van der Waals surface area contributed by atoms with Crippen LogP contribution in [0.1, 0.15) is 15.9 Å². The molecule has 0 heterocycles. The molecule has 0 unspecified atom stereocenters. The zero-order valence-electron chi connectivity index (χ0n) is 12.0. The summed E-state index contributed by atoms with van der Waals surface area (Å²) < 4.78 is 31.5. The second kappa shape index (κ2) is 6.32. The van der Waals surface area contributed by atoms with Crippen molar-refractivity contribution in [3.8, 4) is 5.75 Å². The molecule has 0 bridgehead atoms. The first-order valence-corrected chi connectivity index (χ1v) is 6.83. The monoisotopic (exact) mass is 325 g/mol. The summed E-state index contributed by atoms with van der Waals surface area (Å²) in [6, 6.07) is 11.8. The number of halogens is 3. The van der Waals surface area contributed by atoms with Crippen molar-refractivity contribution < 1.29 is 18.3 Å². The maximum atomic E-state index is 13.2. The van der Waals surface area contributed by atoms with Crippen LogP contribution < -0.4 is 10.1 Å². The van der Waals surface area contributed by atoms with Gasteiger partial charge >= 0.3 is 5.38 Å². The number of nitrogens with one attached hydrogen (secondary N) is 1. The molecule has 0 aliphatic carbocycles. The van der Waals surface area contributed by atoms with Crippen molar-refractivity contribution in [3.63, 3.8) is 0 Å². The van der Waals surface area contributed by atoms with Gasteiger partial charge in [0.05, 0.1) is 18.4 Å². The van der Waals surface area contributed by atoms with Crippen LogP contribution in [0.25, 0.3) is 0 Å². The van der Waals surface area contributed by atoms with Gasteiger partial charge in [-0.3, -0.25) is 4.79 Å². The van der Waals surface area contributed by atoms with Gasteiger partial charge in [0.1, 0.15) is 5.75 Å². The van der Waals surface area contributed by atoms with Crippen LogP contribution in [-0.2, 0) is 0 Å². The Bertz CT molecular complexity index is 682. The molecule has 2 aromatic rings. The number of benzene rings is 2. The third-order valence-corrected chi connectivity index (χ3v) is 3.23. The van der Waals surface area contributed by atoms with E-state index in [0.717, 1.165) is 5.56 Å². The van der Waals surface area contributed by atoms with Gasteiger partial charge in [0.2, 0.25) is 0 Å². The minimum atomic E-state index is -4.00. The lowest BCUT2D eigenvalue weighted by atomic mass is 10.1. The molecule has 0 amide bonds. The Morgan fingerprint density at radius 1 is 1.18 bits per heavy atom. The van der Waals surface area contributed by atoms with E-state index in [1.54, 1.807) is 18.2 Å². The van der Waals surface area contributed by atoms with Crippen LogP contribution in [0.3, 0.4) is 0 Å². The molecular weight excluding hydrogens is 312 g/mol. The highest BCUT2D eigenvalue weighted by atomic mass is 35.5. The number of aryl methyl sites for hydroxylation is 1. The van der Waals surface area contributed by atoms with Crippen molar-refractivity contribution in [2.75, 3.05) is 12.4 Å². The second-order valence-corrected chi connectivity index (χ2v) is 5.18. The Morgan fingerprint density at radius 2 is 1.82 bits per heavy atom. The number of hydrogen-bond acceptors (Lipinski definition) is 3. The van der Waals surface area contributed by atoms with Crippen molar-refractivity contribution in [2.45, 2.75) is 12.3 Å². The summed E-state index contributed by atoms with van der Waals surface area (Å²) >= 11 is 4.88. The summed E-state index contributed by atoms with van der Waals surface area (Å²) in [5.41, 5.74) is 1.63. The Balaban J connectivity index is 2.47. The lowest BCUT2D eigenvalue weighted by molar-refractivity contribution is 0.0534. The Morgan fingerprint density at radius 3 is 2.36 bits per heavy atom. The molecule has 2 rings (SSSR count). The molecule has 0 aromatic heterocycles. The number of ether oxygens (including phenoxy) is 1. The van der Waals surface area contributed by atoms with Gasteiger partial charge in [-0.25, -0.2) is 0 Å². The van der Waals surface area contributed by atoms with Gasteiger partial charge in [-0.2, -0.15) is 8.78 Å². The van der Waals surface area contributed by atoms with Crippen LogP contribution in [0.4, 0.5) is 20.2 Å². The van der Waals surface area contributed by atoms with Gasteiger partial charge in [0.25, 0.3) is 5.78 Å². The predicted octanol–water partition coefficient (Wildman–Crippen LogP) is 4.76. The fourth-order valence-electron chi connectivity index (χ4n) is 1.97. The van der Waals surface area contributed by atoms with E-state index in [0.29, 0.717) is 5.69 Å². The number of methoxy groups -OCH3 is 1. The molecule has 1 N–H and O–H groups in total. The van der Waals surface area contributed by atoms with E-state index in [1.165, 1.54) is 19.2 Å². The molecule has 0 atom stereocenters. The highest BCUT2D eigenvalue weighted by molar-refractivity contribution is 6.36. The van der Waals surface area contributed by atoms with E-state index in [9.17, 15) is 13.6 Å². The molecule has 0 aliphatic heterocycles. The summed E-state index contributed by atoms with van der Waals surface area (Å²) in [6.45, 7) is 1.93. The van der Waals surface area contributed by atoms with Crippen LogP contribution in [0.5, 0.6) is 5.75 Å². The van der Waals surface area contributed by atoms with Crippen LogP contribution in [-0.4, -0.2) is 18.3 Å². The normalized spacial score (nSPS) is 11.1. The Hall–Kier alpha value is -2.14. The van der Waals surface area contributed by atoms with Gasteiger partial charge in [-0.1, -0.05) is 23.8 Å². The van der Waals surface area contributed by atoms with Gasteiger partial charge in [-0.05, 0) is 42.8 Å². The third kappa shape index (κ3) is 3.54. The summed E-state index contributed by atoms with van der Waals surface area (Å²) in [5.74, 6) is -1.48. The number of Topliss-reactive ketones (excluding diaryl/α,β-unsaturated/α-hetero) is 1. The molecule has 0 radical (unpaired) electrons. The van der Waals surface area contributed by atoms with Crippen molar-refractivity contribution >= 4 is 28.8 Å². The first-order chi connectivity index (χ1) is 10.3. The number of carbonyl (C=O) groups is 1. The quantitative estimate of drug-likeness (QED) is 0.636. The Labute approximate surface area is 131 Å². The summed E-state index contributed by atoms with van der Waals surface area (Å²) in [6.07, 6.45) is 0. The number of hydrogen-bond donors (Lipinski definition) is 1. The molecule has 22 heavy (non-hydrogen) atoms. The van der Waals surface area contributed by atoms with Crippen molar-refractivity contribution in [1.82, 2.24) is 0 Å². The van der Waals surface area contributed by atoms with Gasteiger partial charge in [-0.15, -0.1) is 0 Å². The number of anilines is 2. The molecular formula is C16H14ClF2NO2. The number of carbonyl (C=O) groups excluding carboxylic acids is 1. The van der Waals surface area contributed by atoms with Gasteiger partial charge in [0.15, 0.2) is 0 Å². The van der Waals surface area contributed by atoms with Gasteiger partial charge < -0.3 is 10.1 Å². The summed E-state index contributed by atoms with van der Waals surface area (Å²) in [5, 5.41) is -1.07. The minimum absolute atomic E-state index is 0.0300.